The van der Waals surface area contributed by atoms with Gasteiger partial charge in [0, 0.05) is 6.42 Å². The molecule has 0 saturated carbocycles. The minimum absolute atomic E-state index is 0.251. The van der Waals surface area contributed by atoms with Crippen molar-refractivity contribution in [3.05, 3.63) is 48.6 Å². The lowest BCUT2D eigenvalue weighted by Gasteiger charge is -2.46. The van der Waals surface area contributed by atoms with Gasteiger partial charge in [0.1, 0.15) is 48.8 Å². The first-order chi connectivity index (χ1) is 38.6. The molecule has 0 aliphatic carbocycles. The molecule has 0 aromatic rings. The van der Waals surface area contributed by atoms with E-state index in [1.807, 2.05) is 6.08 Å². The van der Waals surface area contributed by atoms with Crippen molar-refractivity contribution in [1.82, 2.24) is 5.32 Å². The predicted octanol–water partition coefficient (Wildman–Crippen LogP) is 12.0. The highest BCUT2D eigenvalue weighted by Crippen LogP contribution is 2.30. The molecule has 14 heteroatoms. The third-order valence-corrected chi connectivity index (χ3v) is 15.7. The summed E-state index contributed by atoms with van der Waals surface area (Å²) in [5, 5.41) is 87.2. The molecule has 14 nitrogen and oxygen atoms in total. The van der Waals surface area contributed by atoms with Crippen LogP contribution in [0.3, 0.4) is 0 Å². The second-order valence-electron chi connectivity index (χ2n) is 22.9. The summed E-state index contributed by atoms with van der Waals surface area (Å²) >= 11 is 0. The molecule has 12 atom stereocenters. The summed E-state index contributed by atoms with van der Waals surface area (Å²) in [6.07, 6.45) is 47.3. The van der Waals surface area contributed by atoms with Crippen LogP contribution in [0.1, 0.15) is 264 Å². The van der Waals surface area contributed by atoms with E-state index in [0.717, 1.165) is 44.9 Å². The van der Waals surface area contributed by atoms with Crippen LogP contribution in [0, 0.1) is 0 Å². The van der Waals surface area contributed by atoms with Gasteiger partial charge in [-0.1, -0.05) is 236 Å². The SMILES string of the molecule is CCCCCCCCCC/C=C\CCCCCCCCCCCCCCCC(=O)NC(COC1OC(CO)C(OC2OC(CO)C(O)C(O)C2O)C(O)C1O)C(O)/C=C/CC/C=C/CC/C=C/CCCCCCCCCCCC. The fourth-order valence-electron chi connectivity index (χ4n) is 10.5. The van der Waals surface area contributed by atoms with Crippen molar-refractivity contribution in [2.24, 2.45) is 0 Å². The molecule has 2 aliphatic heterocycles. The third kappa shape index (κ3) is 35.6. The van der Waals surface area contributed by atoms with Crippen molar-refractivity contribution >= 4 is 5.91 Å². The van der Waals surface area contributed by atoms with Gasteiger partial charge in [-0.15, -0.1) is 0 Å². The molecular formula is C65H119NO13. The van der Waals surface area contributed by atoms with Gasteiger partial charge < -0.3 is 65.1 Å². The first-order valence-electron chi connectivity index (χ1n) is 32.4. The van der Waals surface area contributed by atoms with E-state index in [1.54, 1.807) is 6.08 Å². The zero-order valence-corrected chi connectivity index (χ0v) is 49.9. The zero-order valence-electron chi connectivity index (χ0n) is 49.9. The number of unbranched alkanes of at least 4 members (excludes halogenated alkanes) is 33. The second-order valence-corrected chi connectivity index (χ2v) is 22.9. The van der Waals surface area contributed by atoms with E-state index in [0.29, 0.717) is 12.8 Å². The third-order valence-electron chi connectivity index (χ3n) is 15.7. The number of carbonyl (C=O) groups excluding carboxylic acids is 1. The smallest absolute Gasteiger partial charge is 0.220 e. The number of rotatable bonds is 52. The van der Waals surface area contributed by atoms with Crippen LogP contribution in [0.5, 0.6) is 0 Å². The van der Waals surface area contributed by atoms with Crippen molar-refractivity contribution in [3.63, 3.8) is 0 Å². The average molecular weight is 1120 g/mol. The average Bonchev–Trinajstić information content (AvgIpc) is 3.47. The van der Waals surface area contributed by atoms with Crippen LogP contribution in [0.2, 0.25) is 0 Å². The number of carbonyl (C=O) groups is 1. The Labute approximate surface area is 480 Å². The van der Waals surface area contributed by atoms with Gasteiger partial charge in [0.15, 0.2) is 12.6 Å². The van der Waals surface area contributed by atoms with Crippen molar-refractivity contribution in [3.8, 4) is 0 Å². The number of allylic oxidation sites excluding steroid dienone is 7. The Kier molecular flexibility index (Phi) is 46.7. The normalized spacial score (nSPS) is 24.7. The fraction of sp³-hybridized carbons (Fsp3) is 0.862. The summed E-state index contributed by atoms with van der Waals surface area (Å²) in [5.74, 6) is -0.251. The van der Waals surface area contributed by atoms with E-state index in [4.69, 9.17) is 18.9 Å². The Bertz CT molecular complexity index is 1510. The van der Waals surface area contributed by atoms with Crippen LogP contribution < -0.4 is 5.32 Å². The van der Waals surface area contributed by atoms with Gasteiger partial charge in [-0.25, -0.2) is 0 Å². The van der Waals surface area contributed by atoms with Crippen molar-refractivity contribution in [2.75, 3.05) is 19.8 Å². The van der Waals surface area contributed by atoms with Gasteiger partial charge in [0.25, 0.3) is 0 Å². The molecule has 0 aromatic carbocycles. The number of hydrogen-bond donors (Lipinski definition) is 9. The molecule has 0 aromatic heterocycles. The first-order valence-corrected chi connectivity index (χ1v) is 32.4. The Morgan fingerprint density at radius 1 is 0.443 bits per heavy atom. The summed E-state index contributed by atoms with van der Waals surface area (Å²) in [6, 6.07) is -0.939. The fourth-order valence-corrected chi connectivity index (χ4v) is 10.5. The molecule has 1 amide bonds. The highest BCUT2D eigenvalue weighted by Gasteiger charge is 2.51. The summed E-state index contributed by atoms with van der Waals surface area (Å²) in [6.45, 7) is 2.79. The van der Waals surface area contributed by atoms with Crippen LogP contribution in [-0.2, 0) is 23.7 Å². The maximum Gasteiger partial charge on any atom is 0.220 e. The lowest BCUT2D eigenvalue weighted by molar-refractivity contribution is -0.359. The van der Waals surface area contributed by atoms with Gasteiger partial charge in [-0.2, -0.15) is 0 Å². The molecule has 0 radical (unpaired) electrons. The summed E-state index contributed by atoms with van der Waals surface area (Å²) in [7, 11) is 0. The number of hydrogen-bond acceptors (Lipinski definition) is 13. The van der Waals surface area contributed by atoms with E-state index in [-0.39, 0.29) is 18.9 Å². The lowest BCUT2D eigenvalue weighted by Crippen LogP contribution is -2.65. The molecule has 0 spiro atoms. The maximum atomic E-state index is 13.3. The quantitative estimate of drug-likeness (QED) is 0.0204. The molecule has 2 fully saturated rings. The Morgan fingerprint density at radius 2 is 0.810 bits per heavy atom. The molecule has 2 heterocycles. The summed E-state index contributed by atoms with van der Waals surface area (Å²) in [5.41, 5.74) is 0. The number of aliphatic hydroxyl groups excluding tert-OH is 8. The van der Waals surface area contributed by atoms with Gasteiger partial charge in [-0.3, -0.25) is 4.79 Å². The van der Waals surface area contributed by atoms with E-state index in [1.165, 1.54) is 186 Å². The molecule has 2 rings (SSSR count). The zero-order chi connectivity index (χ0) is 57.4. The van der Waals surface area contributed by atoms with Crippen LogP contribution in [0.25, 0.3) is 0 Å². The lowest BCUT2D eigenvalue weighted by atomic mass is 9.97. The van der Waals surface area contributed by atoms with Crippen molar-refractivity contribution < 1.29 is 64.6 Å². The molecule has 0 bridgehead atoms. The summed E-state index contributed by atoms with van der Waals surface area (Å²) < 4.78 is 22.8. The number of nitrogens with one attached hydrogen (secondary N) is 1. The minimum Gasteiger partial charge on any atom is -0.394 e. The number of ether oxygens (including phenoxy) is 4. The molecule has 79 heavy (non-hydrogen) atoms. The molecule has 2 aliphatic rings. The summed E-state index contributed by atoms with van der Waals surface area (Å²) in [4.78, 5) is 13.3. The van der Waals surface area contributed by atoms with Crippen LogP contribution in [0.4, 0.5) is 0 Å². The highest BCUT2D eigenvalue weighted by atomic mass is 16.7. The van der Waals surface area contributed by atoms with Crippen LogP contribution >= 0.6 is 0 Å². The van der Waals surface area contributed by atoms with Crippen LogP contribution in [-0.4, -0.2) is 140 Å². The Morgan fingerprint density at radius 3 is 1.24 bits per heavy atom. The van der Waals surface area contributed by atoms with Crippen LogP contribution in [0.15, 0.2) is 48.6 Å². The molecule has 2 saturated heterocycles. The van der Waals surface area contributed by atoms with Gasteiger partial charge in [-0.05, 0) is 70.6 Å². The monoisotopic (exact) mass is 1120 g/mol. The topological polar surface area (TPSA) is 228 Å². The molecule has 12 unspecified atom stereocenters. The molecular weight excluding hydrogens is 1000 g/mol. The molecule has 462 valence electrons. The highest BCUT2D eigenvalue weighted by molar-refractivity contribution is 5.76. The van der Waals surface area contributed by atoms with E-state index in [9.17, 15) is 45.6 Å². The first kappa shape index (κ1) is 73.1. The second kappa shape index (κ2) is 50.5. The van der Waals surface area contributed by atoms with E-state index < -0.39 is 86.8 Å². The van der Waals surface area contributed by atoms with Gasteiger partial charge in [0.05, 0.1) is 32.0 Å². The van der Waals surface area contributed by atoms with Crippen molar-refractivity contribution in [2.45, 2.75) is 338 Å². The number of amides is 1. The van der Waals surface area contributed by atoms with Gasteiger partial charge in [0.2, 0.25) is 5.91 Å². The standard InChI is InChI=1S/C65H119NO13/c1-3-5-7-9-11-13-15-17-19-21-23-25-26-27-28-29-31-33-35-37-39-41-43-45-47-49-57(70)66-53(54(69)48-46-44-42-40-38-36-34-32-30-24-22-20-18-16-14-12-10-8-6-4-2)52-76-64-62(75)60(73)63(56(51-68)78-64)79-65-61(74)59(72)58(71)55(50-67)77-65/h21,23,30,32,38,40,46,48,53-56,58-65,67-69,71-75H,3-20,22,24-29,31,33-37,39,41-45,47,49-52H2,1-2H3,(H,66,70)/b23-21-,32-30+,40-38+,48-46+. The van der Waals surface area contributed by atoms with E-state index >= 15 is 0 Å². The predicted molar refractivity (Wildman–Crippen MR) is 318 cm³/mol. The largest absolute Gasteiger partial charge is 0.394 e. The minimum atomic E-state index is -1.79. The van der Waals surface area contributed by atoms with E-state index in [2.05, 4.69) is 55.6 Å². The Hall–Kier alpha value is -2.05. The molecule has 9 N–H and O–H groups in total. The van der Waals surface area contributed by atoms with Gasteiger partial charge >= 0.3 is 0 Å². The number of aliphatic hydroxyl groups is 8. The van der Waals surface area contributed by atoms with Crippen molar-refractivity contribution in [1.29, 1.82) is 0 Å². The Balaban J connectivity index is 1.74. The maximum absolute atomic E-state index is 13.3.